The Labute approximate surface area is 114 Å². The van der Waals surface area contributed by atoms with E-state index in [4.69, 9.17) is 16.0 Å². The summed E-state index contributed by atoms with van der Waals surface area (Å²) in [5.74, 6) is -1.60. The van der Waals surface area contributed by atoms with Crippen LogP contribution in [0.1, 0.15) is 18.2 Å². The number of hydrogen-bond acceptors (Lipinski definition) is 2. The largest absolute Gasteiger partial charge is 0.469 e. The van der Waals surface area contributed by atoms with Crippen LogP contribution in [0, 0.1) is 11.6 Å². The van der Waals surface area contributed by atoms with Crippen molar-refractivity contribution < 1.29 is 18.0 Å². The molecule has 2 rings (SSSR count). The van der Waals surface area contributed by atoms with Gasteiger partial charge in [-0.2, -0.15) is 0 Å². The summed E-state index contributed by atoms with van der Waals surface area (Å²) in [6, 6.07) is 6.98. The van der Waals surface area contributed by atoms with Gasteiger partial charge in [0.25, 0.3) is 0 Å². The SMILES string of the molecule is CC(Cc1ccco1)(C(=O)Cl)c1cccc(F)c1F. The number of carbonyl (C=O) groups excluding carboxylic acids is 1. The van der Waals surface area contributed by atoms with Gasteiger partial charge in [-0.15, -0.1) is 0 Å². The minimum Gasteiger partial charge on any atom is -0.469 e. The Morgan fingerprint density at radius 2 is 2.05 bits per heavy atom. The van der Waals surface area contributed by atoms with Crippen LogP contribution in [0.2, 0.25) is 0 Å². The zero-order valence-electron chi connectivity index (χ0n) is 10.1. The van der Waals surface area contributed by atoms with E-state index in [1.165, 1.54) is 25.3 Å². The lowest BCUT2D eigenvalue weighted by Gasteiger charge is -2.25. The predicted octanol–water partition coefficient (Wildman–Crippen LogP) is 3.82. The van der Waals surface area contributed by atoms with Crippen molar-refractivity contribution in [2.24, 2.45) is 0 Å². The van der Waals surface area contributed by atoms with Gasteiger partial charge in [0, 0.05) is 12.0 Å². The van der Waals surface area contributed by atoms with E-state index in [2.05, 4.69) is 0 Å². The van der Waals surface area contributed by atoms with Crippen LogP contribution in [0.4, 0.5) is 8.78 Å². The first kappa shape index (κ1) is 13.7. The molecule has 0 aliphatic heterocycles. The molecule has 1 aromatic heterocycles. The van der Waals surface area contributed by atoms with Crippen molar-refractivity contribution in [2.45, 2.75) is 18.8 Å². The van der Waals surface area contributed by atoms with Gasteiger partial charge in [0.2, 0.25) is 5.24 Å². The van der Waals surface area contributed by atoms with E-state index in [0.29, 0.717) is 5.76 Å². The van der Waals surface area contributed by atoms with Crippen molar-refractivity contribution in [2.75, 3.05) is 0 Å². The second-order valence-corrected chi connectivity index (χ2v) is 4.81. The molecule has 5 heteroatoms. The van der Waals surface area contributed by atoms with Gasteiger partial charge in [-0.25, -0.2) is 8.78 Å². The molecule has 0 aliphatic carbocycles. The number of hydrogen-bond donors (Lipinski definition) is 0. The van der Waals surface area contributed by atoms with Gasteiger partial charge < -0.3 is 4.42 Å². The molecule has 0 radical (unpaired) electrons. The summed E-state index contributed by atoms with van der Waals surface area (Å²) >= 11 is 5.59. The van der Waals surface area contributed by atoms with Gasteiger partial charge in [0.15, 0.2) is 11.6 Å². The van der Waals surface area contributed by atoms with Gasteiger partial charge in [-0.1, -0.05) is 12.1 Å². The van der Waals surface area contributed by atoms with E-state index in [9.17, 15) is 13.6 Å². The van der Waals surface area contributed by atoms with Crippen molar-refractivity contribution in [1.29, 1.82) is 0 Å². The summed E-state index contributed by atoms with van der Waals surface area (Å²) in [4.78, 5) is 11.7. The predicted molar refractivity (Wildman–Crippen MR) is 67.0 cm³/mol. The summed E-state index contributed by atoms with van der Waals surface area (Å²) in [5.41, 5.74) is -1.46. The van der Waals surface area contributed by atoms with Crippen LogP contribution in [-0.2, 0) is 16.6 Å². The summed E-state index contributed by atoms with van der Waals surface area (Å²) in [6.45, 7) is 1.46. The van der Waals surface area contributed by atoms with Crippen LogP contribution in [-0.4, -0.2) is 5.24 Å². The maximum Gasteiger partial charge on any atom is 0.232 e. The molecule has 0 bridgehead atoms. The third-order valence-electron chi connectivity index (χ3n) is 3.09. The summed E-state index contributed by atoms with van der Waals surface area (Å²) < 4.78 is 32.3. The van der Waals surface area contributed by atoms with Crippen LogP contribution in [0.15, 0.2) is 41.0 Å². The second kappa shape index (κ2) is 5.13. The monoisotopic (exact) mass is 284 g/mol. The Morgan fingerprint density at radius 1 is 1.32 bits per heavy atom. The fourth-order valence-electron chi connectivity index (χ4n) is 1.96. The average molecular weight is 285 g/mol. The molecule has 0 aliphatic rings. The number of furan rings is 1. The Hall–Kier alpha value is -1.68. The lowest BCUT2D eigenvalue weighted by molar-refractivity contribution is -0.116. The number of carbonyl (C=O) groups is 1. The van der Waals surface area contributed by atoms with E-state index in [1.54, 1.807) is 12.1 Å². The lowest BCUT2D eigenvalue weighted by atomic mass is 9.79. The smallest absolute Gasteiger partial charge is 0.232 e. The lowest BCUT2D eigenvalue weighted by Crippen LogP contribution is -2.33. The van der Waals surface area contributed by atoms with Crippen LogP contribution < -0.4 is 0 Å². The molecule has 1 unspecified atom stereocenters. The molecule has 0 fully saturated rings. The van der Waals surface area contributed by atoms with E-state index >= 15 is 0 Å². The molecule has 2 nitrogen and oxygen atoms in total. The summed E-state index contributed by atoms with van der Waals surface area (Å²) in [7, 11) is 0. The average Bonchev–Trinajstić information content (AvgIpc) is 2.85. The zero-order valence-corrected chi connectivity index (χ0v) is 10.9. The molecule has 1 atom stereocenters. The van der Waals surface area contributed by atoms with Crippen LogP contribution in [0.3, 0.4) is 0 Å². The number of benzene rings is 1. The molecule has 0 saturated carbocycles. The Bertz CT molecular complexity index is 595. The first-order chi connectivity index (χ1) is 8.95. The van der Waals surface area contributed by atoms with Crippen molar-refractivity contribution in [3.63, 3.8) is 0 Å². The standard InChI is InChI=1S/C14H11ClF2O2/c1-14(13(15)18,8-9-4-3-7-19-9)10-5-2-6-11(16)12(10)17/h2-7H,8H2,1H3. The van der Waals surface area contributed by atoms with Crippen LogP contribution in [0.25, 0.3) is 0 Å². The maximum absolute atomic E-state index is 13.9. The number of halogens is 3. The van der Waals surface area contributed by atoms with Crippen molar-refractivity contribution >= 4 is 16.8 Å². The summed E-state index contributed by atoms with van der Waals surface area (Å²) in [6.07, 6.45) is 1.50. The molecular weight excluding hydrogens is 274 g/mol. The molecule has 0 N–H and O–H groups in total. The summed E-state index contributed by atoms with van der Waals surface area (Å²) in [5, 5.41) is -0.770. The maximum atomic E-state index is 13.9. The highest BCUT2D eigenvalue weighted by molar-refractivity contribution is 6.65. The first-order valence-electron chi connectivity index (χ1n) is 5.62. The van der Waals surface area contributed by atoms with Gasteiger partial charge in [0.1, 0.15) is 5.76 Å². The van der Waals surface area contributed by atoms with Gasteiger partial charge in [0.05, 0.1) is 11.7 Å². The second-order valence-electron chi connectivity index (χ2n) is 4.46. The molecule has 2 aromatic rings. The van der Waals surface area contributed by atoms with E-state index in [1.807, 2.05) is 0 Å². The molecule has 19 heavy (non-hydrogen) atoms. The van der Waals surface area contributed by atoms with Gasteiger partial charge >= 0.3 is 0 Å². The molecule has 0 saturated heterocycles. The van der Waals surface area contributed by atoms with E-state index < -0.39 is 22.3 Å². The van der Waals surface area contributed by atoms with Crippen molar-refractivity contribution in [1.82, 2.24) is 0 Å². The fourth-order valence-corrected chi connectivity index (χ4v) is 2.13. The quantitative estimate of drug-likeness (QED) is 0.799. The molecule has 0 spiro atoms. The zero-order chi connectivity index (χ0) is 14.0. The van der Waals surface area contributed by atoms with Gasteiger partial charge in [-0.05, 0) is 36.7 Å². The molecular formula is C14H11ClF2O2. The Morgan fingerprint density at radius 3 is 2.63 bits per heavy atom. The third-order valence-corrected chi connectivity index (χ3v) is 3.50. The van der Waals surface area contributed by atoms with Crippen molar-refractivity contribution in [3.8, 4) is 0 Å². The van der Waals surface area contributed by atoms with Crippen LogP contribution in [0.5, 0.6) is 0 Å². The molecule has 1 aromatic carbocycles. The Kier molecular flexibility index (Phi) is 3.71. The highest BCUT2D eigenvalue weighted by Gasteiger charge is 2.38. The highest BCUT2D eigenvalue weighted by atomic mass is 35.5. The number of rotatable bonds is 4. The van der Waals surface area contributed by atoms with Crippen molar-refractivity contribution in [3.05, 3.63) is 59.6 Å². The molecule has 0 amide bonds. The highest BCUT2D eigenvalue weighted by Crippen LogP contribution is 2.33. The Balaban J connectivity index is 2.50. The minimum absolute atomic E-state index is 0.0582. The fraction of sp³-hybridized carbons (Fsp3) is 0.214. The topological polar surface area (TPSA) is 30.2 Å². The molecule has 100 valence electrons. The van der Waals surface area contributed by atoms with Crippen LogP contribution >= 0.6 is 11.6 Å². The minimum atomic E-state index is -1.38. The van der Waals surface area contributed by atoms with Gasteiger partial charge in [-0.3, -0.25) is 4.79 Å². The first-order valence-corrected chi connectivity index (χ1v) is 6.00. The van der Waals surface area contributed by atoms with E-state index in [0.717, 1.165) is 6.07 Å². The third kappa shape index (κ3) is 2.54. The normalized spacial score (nSPS) is 14.1. The van der Waals surface area contributed by atoms with E-state index in [-0.39, 0.29) is 12.0 Å². The molecule has 1 heterocycles.